The molecule has 0 aliphatic carbocycles. The van der Waals surface area contributed by atoms with E-state index in [2.05, 4.69) is 13.8 Å². The second kappa shape index (κ2) is 6.20. The van der Waals surface area contributed by atoms with Crippen LogP contribution in [0.1, 0.15) is 40.0 Å². The van der Waals surface area contributed by atoms with Gasteiger partial charge in [-0.15, -0.1) is 0 Å². The normalized spacial score (nSPS) is 12.6. The van der Waals surface area contributed by atoms with Crippen LogP contribution in [0.5, 0.6) is 0 Å². The summed E-state index contributed by atoms with van der Waals surface area (Å²) in [7, 11) is 0. The van der Waals surface area contributed by atoms with Crippen LogP contribution in [-0.2, 0) is 9.53 Å². The van der Waals surface area contributed by atoms with Gasteiger partial charge in [-0.3, -0.25) is 4.79 Å². The Morgan fingerprint density at radius 2 is 2.18 bits per heavy atom. The summed E-state index contributed by atoms with van der Waals surface area (Å²) in [5, 5.41) is 0. The minimum atomic E-state index is -0.173. The third-order valence-corrected chi connectivity index (χ3v) is 1.62. The van der Waals surface area contributed by atoms with Gasteiger partial charge in [-0.05, 0) is 12.3 Å². The Hall–Kier alpha value is -0.530. The predicted molar refractivity (Wildman–Crippen MR) is 45.3 cm³/mol. The molecule has 0 unspecified atom stereocenters. The van der Waals surface area contributed by atoms with E-state index in [1.807, 2.05) is 0 Å². The van der Waals surface area contributed by atoms with Crippen LogP contribution in [0.3, 0.4) is 0 Å². The number of esters is 1. The van der Waals surface area contributed by atoms with Crippen LogP contribution < -0.4 is 0 Å². The van der Waals surface area contributed by atoms with Gasteiger partial charge >= 0.3 is 5.97 Å². The molecule has 0 spiro atoms. The molecule has 0 bridgehead atoms. The zero-order chi connectivity index (χ0) is 8.69. The molecule has 2 heteroatoms. The summed E-state index contributed by atoms with van der Waals surface area (Å²) in [4.78, 5) is 10.4. The monoisotopic (exact) mass is 158 g/mol. The van der Waals surface area contributed by atoms with E-state index < -0.39 is 0 Å². The van der Waals surface area contributed by atoms with Crippen LogP contribution in [0, 0.1) is 5.92 Å². The Labute approximate surface area is 68.9 Å². The molecule has 0 aliphatic rings. The zero-order valence-corrected chi connectivity index (χ0v) is 7.72. The lowest BCUT2D eigenvalue weighted by Gasteiger charge is -2.09. The van der Waals surface area contributed by atoms with Gasteiger partial charge in [-0.1, -0.05) is 26.7 Å². The van der Waals surface area contributed by atoms with Crippen LogP contribution in [0.15, 0.2) is 0 Å². The highest BCUT2D eigenvalue weighted by Crippen LogP contribution is 2.07. The zero-order valence-electron chi connectivity index (χ0n) is 7.72. The molecule has 0 N–H and O–H groups in total. The fourth-order valence-corrected chi connectivity index (χ4v) is 0.896. The van der Waals surface area contributed by atoms with Crippen molar-refractivity contribution in [1.82, 2.24) is 0 Å². The molecule has 0 aromatic rings. The molecule has 0 rings (SSSR count). The molecule has 0 saturated heterocycles. The summed E-state index contributed by atoms with van der Waals surface area (Å²) in [5.41, 5.74) is 0. The van der Waals surface area contributed by atoms with Crippen molar-refractivity contribution in [3.63, 3.8) is 0 Å². The third kappa shape index (κ3) is 7.37. The molecular weight excluding hydrogens is 140 g/mol. The van der Waals surface area contributed by atoms with Gasteiger partial charge in [0.15, 0.2) is 0 Å². The standard InChI is InChI=1S/C9H18O2/c1-4-5-6-8(2)7-11-9(3)10/h8H,4-7H2,1-3H3/t8-/m0/s1. The Morgan fingerprint density at radius 1 is 1.55 bits per heavy atom. The van der Waals surface area contributed by atoms with Crippen LogP contribution in [-0.4, -0.2) is 12.6 Å². The Morgan fingerprint density at radius 3 is 2.64 bits per heavy atom. The molecule has 0 radical (unpaired) electrons. The van der Waals surface area contributed by atoms with E-state index in [1.165, 1.54) is 19.8 Å². The fraction of sp³-hybridized carbons (Fsp3) is 0.889. The fourth-order valence-electron chi connectivity index (χ4n) is 0.896. The lowest BCUT2D eigenvalue weighted by Crippen LogP contribution is -2.08. The van der Waals surface area contributed by atoms with Crippen molar-refractivity contribution in [2.24, 2.45) is 5.92 Å². The molecule has 11 heavy (non-hydrogen) atoms. The summed E-state index contributed by atoms with van der Waals surface area (Å²) in [5.74, 6) is 0.340. The quantitative estimate of drug-likeness (QED) is 0.574. The third-order valence-electron chi connectivity index (χ3n) is 1.62. The molecule has 0 aliphatic heterocycles. The predicted octanol–water partition coefficient (Wildman–Crippen LogP) is 2.38. The number of carbonyl (C=O) groups is 1. The Kier molecular flexibility index (Phi) is 5.90. The molecule has 0 fully saturated rings. The molecule has 0 saturated carbocycles. The molecule has 2 nitrogen and oxygen atoms in total. The van der Waals surface area contributed by atoms with Crippen molar-refractivity contribution in [1.29, 1.82) is 0 Å². The van der Waals surface area contributed by atoms with Crippen molar-refractivity contribution < 1.29 is 9.53 Å². The highest BCUT2D eigenvalue weighted by Gasteiger charge is 2.02. The maximum Gasteiger partial charge on any atom is 0.302 e. The maximum atomic E-state index is 10.4. The van der Waals surface area contributed by atoms with Gasteiger partial charge in [-0.2, -0.15) is 0 Å². The van der Waals surface area contributed by atoms with Gasteiger partial charge in [0.25, 0.3) is 0 Å². The SMILES string of the molecule is CCCC[C@H](C)COC(C)=O. The Balaban J connectivity index is 3.22. The first-order chi connectivity index (χ1) is 5.16. The number of ether oxygens (including phenoxy) is 1. The molecule has 66 valence electrons. The smallest absolute Gasteiger partial charge is 0.302 e. The summed E-state index contributed by atoms with van der Waals surface area (Å²) >= 11 is 0. The van der Waals surface area contributed by atoms with E-state index in [-0.39, 0.29) is 5.97 Å². The molecule has 0 amide bonds. The minimum absolute atomic E-state index is 0.173. The summed E-state index contributed by atoms with van der Waals surface area (Å²) in [6.07, 6.45) is 3.59. The highest BCUT2D eigenvalue weighted by atomic mass is 16.5. The van der Waals surface area contributed by atoms with E-state index in [9.17, 15) is 4.79 Å². The van der Waals surface area contributed by atoms with Crippen LogP contribution >= 0.6 is 0 Å². The second-order valence-electron chi connectivity index (χ2n) is 3.05. The first kappa shape index (κ1) is 10.5. The van der Waals surface area contributed by atoms with Gasteiger partial charge in [0.05, 0.1) is 6.61 Å². The van der Waals surface area contributed by atoms with Gasteiger partial charge in [-0.25, -0.2) is 0 Å². The summed E-state index contributed by atoms with van der Waals surface area (Å²) in [6.45, 7) is 6.30. The largest absolute Gasteiger partial charge is 0.466 e. The van der Waals surface area contributed by atoms with Crippen molar-refractivity contribution in [3.8, 4) is 0 Å². The molecular formula is C9H18O2. The van der Waals surface area contributed by atoms with Crippen molar-refractivity contribution >= 4 is 5.97 Å². The number of hydrogen-bond acceptors (Lipinski definition) is 2. The number of carbonyl (C=O) groups excluding carboxylic acids is 1. The van der Waals surface area contributed by atoms with Crippen molar-refractivity contribution in [2.45, 2.75) is 40.0 Å². The van der Waals surface area contributed by atoms with Crippen LogP contribution in [0.4, 0.5) is 0 Å². The lowest BCUT2D eigenvalue weighted by atomic mass is 10.1. The highest BCUT2D eigenvalue weighted by molar-refractivity contribution is 5.65. The average molecular weight is 158 g/mol. The summed E-state index contributed by atoms with van der Waals surface area (Å²) < 4.78 is 4.86. The molecule has 0 aromatic heterocycles. The van der Waals surface area contributed by atoms with Crippen molar-refractivity contribution in [3.05, 3.63) is 0 Å². The minimum Gasteiger partial charge on any atom is -0.466 e. The van der Waals surface area contributed by atoms with Gasteiger partial charge in [0, 0.05) is 6.92 Å². The van der Waals surface area contributed by atoms with Crippen LogP contribution in [0.25, 0.3) is 0 Å². The van der Waals surface area contributed by atoms with Gasteiger partial charge in [0.1, 0.15) is 0 Å². The number of rotatable bonds is 5. The van der Waals surface area contributed by atoms with Gasteiger partial charge < -0.3 is 4.74 Å². The number of hydrogen-bond donors (Lipinski definition) is 0. The van der Waals surface area contributed by atoms with E-state index in [4.69, 9.17) is 4.74 Å². The maximum absolute atomic E-state index is 10.4. The molecule has 0 heterocycles. The number of unbranched alkanes of at least 4 members (excludes halogenated alkanes) is 1. The van der Waals surface area contributed by atoms with Gasteiger partial charge in [0.2, 0.25) is 0 Å². The molecule has 0 aromatic carbocycles. The first-order valence-corrected chi connectivity index (χ1v) is 4.30. The van der Waals surface area contributed by atoms with E-state index in [1.54, 1.807) is 0 Å². The topological polar surface area (TPSA) is 26.3 Å². The Bertz CT molecular complexity index is 110. The first-order valence-electron chi connectivity index (χ1n) is 4.30. The second-order valence-corrected chi connectivity index (χ2v) is 3.05. The molecule has 1 atom stereocenters. The van der Waals surface area contributed by atoms with E-state index in [0.29, 0.717) is 12.5 Å². The van der Waals surface area contributed by atoms with Crippen molar-refractivity contribution in [2.75, 3.05) is 6.61 Å². The average Bonchev–Trinajstić information content (AvgIpc) is 1.97. The van der Waals surface area contributed by atoms with Crippen LogP contribution in [0.2, 0.25) is 0 Å². The lowest BCUT2D eigenvalue weighted by molar-refractivity contribution is -0.142. The van der Waals surface area contributed by atoms with E-state index >= 15 is 0 Å². The summed E-state index contributed by atoms with van der Waals surface area (Å²) in [6, 6.07) is 0. The van der Waals surface area contributed by atoms with E-state index in [0.717, 1.165) is 6.42 Å².